The number of fused-ring (bicyclic) bond motifs is 2. The maximum absolute atomic E-state index is 14.5. The summed E-state index contributed by atoms with van der Waals surface area (Å²) in [7, 11) is 0. The second-order valence-corrected chi connectivity index (χ2v) is 9.01. The number of nitrogen functional groups attached to an aromatic ring is 1. The molecular formula is C26H24FN5O. The van der Waals surface area contributed by atoms with Gasteiger partial charge in [-0.15, -0.1) is 0 Å². The molecule has 2 aromatic heterocycles. The zero-order valence-corrected chi connectivity index (χ0v) is 18.3. The fourth-order valence-electron chi connectivity index (χ4n) is 4.87. The quantitative estimate of drug-likeness (QED) is 0.464. The lowest BCUT2D eigenvalue weighted by atomic mass is 9.93. The van der Waals surface area contributed by atoms with Gasteiger partial charge >= 0.3 is 0 Å². The van der Waals surface area contributed by atoms with Crippen LogP contribution < -0.4 is 5.73 Å². The van der Waals surface area contributed by atoms with E-state index in [4.69, 9.17) is 5.73 Å². The number of rotatable bonds is 3. The summed E-state index contributed by atoms with van der Waals surface area (Å²) in [6, 6.07) is 14.7. The third-order valence-electron chi connectivity index (χ3n) is 6.81. The van der Waals surface area contributed by atoms with Crippen LogP contribution in [0.2, 0.25) is 0 Å². The molecule has 0 bridgehead atoms. The minimum Gasteiger partial charge on any atom is -0.399 e. The maximum Gasteiger partial charge on any atom is 0.273 e. The number of aromatic nitrogens is 3. The van der Waals surface area contributed by atoms with E-state index in [0.29, 0.717) is 35.0 Å². The zero-order valence-electron chi connectivity index (χ0n) is 18.3. The Labute approximate surface area is 190 Å². The second-order valence-electron chi connectivity index (χ2n) is 9.01. The third-order valence-corrected chi connectivity index (χ3v) is 6.81. The lowest BCUT2D eigenvalue weighted by molar-refractivity contribution is 0.0672. The highest BCUT2D eigenvalue weighted by Gasteiger charge is 2.32. The number of halogens is 1. The van der Waals surface area contributed by atoms with Crippen molar-refractivity contribution in [2.75, 3.05) is 12.3 Å². The van der Waals surface area contributed by atoms with Gasteiger partial charge in [-0.1, -0.05) is 24.3 Å². The molecule has 6 nitrogen and oxygen atoms in total. The summed E-state index contributed by atoms with van der Waals surface area (Å²) in [5.41, 5.74) is 11.6. The lowest BCUT2D eigenvalue weighted by Crippen LogP contribution is -2.39. The summed E-state index contributed by atoms with van der Waals surface area (Å²) in [5, 5.41) is 4.64. The van der Waals surface area contributed by atoms with Gasteiger partial charge in [0.25, 0.3) is 5.91 Å². The first kappa shape index (κ1) is 19.9. The Morgan fingerprint density at radius 2 is 1.94 bits per heavy atom. The highest BCUT2D eigenvalue weighted by atomic mass is 19.1. The number of benzene rings is 2. The van der Waals surface area contributed by atoms with Crippen molar-refractivity contribution in [2.45, 2.75) is 38.1 Å². The summed E-state index contributed by atoms with van der Waals surface area (Å²) in [6.07, 6.45) is 4.65. The summed E-state index contributed by atoms with van der Waals surface area (Å²) in [6.45, 7) is 2.73. The van der Waals surface area contributed by atoms with E-state index in [1.165, 1.54) is 21.9 Å². The van der Waals surface area contributed by atoms with E-state index in [2.05, 4.69) is 29.1 Å². The average molecular weight is 442 g/mol. The van der Waals surface area contributed by atoms with Crippen molar-refractivity contribution in [1.82, 2.24) is 19.7 Å². The molecule has 6 rings (SSSR count). The SMILES string of the molecule is C[C@@H]1c2ccccc2CCN1C(=O)c1cc(C2CC2)c2nn(-c3ccc(N)cc3F)cc2n1. The van der Waals surface area contributed by atoms with E-state index >= 15 is 0 Å². The molecule has 4 aromatic rings. The fraction of sp³-hybridized carbons (Fsp3) is 0.269. The monoisotopic (exact) mass is 441 g/mol. The number of hydrogen-bond donors (Lipinski definition) is 1. The molecule has 7 heteroatoms. The van der Waals surface area contributed by atoms with Crippen molar-refractivity contribution in [3.8, 4) is 5.69 Å². The van der Waals surface area contributed by atoms with Gasteiger partial charge in [0.05, 0.1) is 12.2 Å². The molecule has 166 valence electrons. The number of amides is 1. The molecular weight excluding hydrogens is 417 g/mol. The largest absolute Gasteiger partial charge is 0.399 e. The van der Waals surface area contributed by atoms with E-state index in [1.807, 2.05) is 23.1 Å². The normalized spacial score (nSPS) is 17.9. The first-order valence-corrected chi connectivity index (χ1v) is 11.3. The van der Waals surface area contributed by atoms with E-state index in [1.54, 1.807) is 18.3 Å². The minimum absolute atomic E-state index is 0.0177. The third kappa shape index (κ3) is 3.35. The van der Waals surface area contributed by atoms with E-state index in [9.17, 15) is 9.18 Å². The molecule has 1 aliphatic carbocycles. The molecule has 0 spiro atoms. The van der Waals surface area contributed by atoms with Crippen LogP contribution in [0.4, 0.5) is 10.1 Å². The van der Waals surface area contributed by atoms with Gasteiger partial charge in [-0.3, -0.25) is 4.79 Å². The Kier molecular flexibility index (Phi) is 4.47. The van der Waals surface area contributed by atoms with Crippen molar-refractivity contribution >= 4 is 22.6 Å². The van der Waals surface area contributed by atoms with Crippen LogP contribution in [0, 0.1) is 5.82 Å². The number of carbonyl (C=O) groups is 1. The molecule has 1 saturated carbocycles. The predicted octanol–water partition coefficient (Wildman–Crippen LogP) is 4.78. The van der Waals surface area contributed by atoms with Gasteiger partial charge in [-0.25, -0.2) is 14.1 Å². The van der Waals surface area contributed by atoms with Crippen molar-refractivity contribution in [3.05, 3.63) is 82.9 Å². The average Bonchev–Trinajstić information content (AvgIpc) is 3.57. The summed E-state index contributed by atoms with van der Waals surface area (Å²) in [5.74, 6) is -0.165. The van der Waals surface area contributed by atoms with Crippen molar-refractivity contribution in [2.24, 2.45) is 0 Å². The molecule has 33 heavy (non-hydrogen) atoms. The lowest BCUT2D eigenvalue weighted by Gasteiger charge is -2.35. The van der Waals surface area contributed by atoms with Gasteiger partial charge in [0.15, 0.2) is 5.82 Å². The van der Waals surface area contributed by atoms with Crippen LogP contribution in [-0.4, -0.2) is 32.1 Å². The first-order chi connectivity index (χ1) is 16.0. The molecule has 1 amide bonds. The van der Waals surface area contributed by atoms with Crippen molar-refractivity contribution in [1.29, 1.82) is 0 Å². The van der Waals surface area contributed by atoms with Gasteiger partial charge in [-0.05, 0) is 73.1 Å². The van der Waals surface area contributed by atoms with Gasteiger partial charge in [0, 0.05) is 12.2 Å². The summed E-state index contributed by atoms with van der Waals surface area (Å²) >= 11 is 0. The molecule has 0 unspecified atom stereocenters. The molecule has 3 heterocycles. The van der Waals surface area contributed by atoms with Gasteiger partial charge in [0.1, 0.15) is 22.4 Å². The predicted molar refractivity (Wildman–Crippen MR) is 125 cm³/mol. The van der Waals surface area contributed by atoms with Crippen LogP contribution in [-0.2, 0) is 6.42 Å². The number of hydrogen-bond acceptors (Lipinski definition) is 4. The molecule has 2 N–H and O–H groups in total. The van der Waals surface area contributed by atoms with E-state index in [0.717, 1.165) is 30.3 Å². The zero-order chi connectivity index (χ0) is 22.7. The van der Waals surface area contributed by atoms with Crippen molar-refractivity contribution in [3.63, 3.8) is 0 Å². The summed E-state index contributed by atoms with van der Waals surface area (Å²) < 4.78 is 16.0. The minimum atomic E-state index is -0.451. The number of carbonyl (C=O) groups excluding carboxylic acids is 1. The number of anilines is 1. The molecule has 2 aromatic carbocycles. The Morgan fingerprint density at radius 3 is 2.73 bits per heavy atom. The first-order valence-electron chi connectivity index (χ1n) is 11.3. The van der Waals surface area contributed by atoms with Gasteiger partial charge < -0.3 is 10.6 Å². The van der Waals surface area contributed by atoms with Gasteiger partial charge in [0.2, 0.25) is 0 Å². The number of nitrogens with zero attached hydrogens (tertiary/aromatic N) is 4. The van der Waals surface area contributed by atoms with E-state index < -0.39 is 5.82 Å². The van der Waals surface area contributed by atoms with Gasteiger partial charge in [-0.2, -0.15) is 5.10 Å². The second kappa shape index (κ2) is 7.40. The number of nitrogens with two attached hydrogens (primary N) is 1. The molecule has 0 radical (unpaired) electrons. The van der Waals surface area contributed by atoms with Crippen LogP contribution in [0.5, 0.6) is 0 Å². The van der Waals surface area contributed by atoms with Crippen LogP contribution in [0.25, 0.3) is 16.7 Å². The maximum atomic E-state index is 14.5. The standard InChI is InChI=1S/C26H24FN5O/c1-15-19-5-3-2-4-16(19)10-11-31(15)26(33)22-13-20(17-6-7-17)25-23(29-22)14-32(30-25)24-9-8-18(28)12-21(24)27/h2-5,8-9,12-15,17H,6-7,10-11,28H2,1H3/t15-/m1/s1. The molecule has 0 saturated heterocycles. The Bertz CT molecular complexity index is 1410. The molecule has 1 atom stereocenters. The highest BCUT2D eigenvalue weighted by Crippen LogP contribution is 2.43. The summed E-state index contributed by atoms with van der Waals surface area (Å²) in [4.78, 5) is 20.2. The van der Waals surface area contributed by atoms with E-state index in [-0.39, 0.29) is 11.9 Å². The topological polar surface area (TPSA) is 77.0 Å². The van der Waals surface area contributed by atoms with Crippen LogP contribution >= 0.6 is 0 Å². The number of pyridine rings is 1. The molecule has 2 aliphatic rings. The smallest absolute Gasteiger partial charge is 0.273 e. The van der Waals surface area contributed by atoms with Crippen LogP contribution in [0.3, 0.4) is 0 Å². The Balaban J connectivity index is 1.41. The van der Waals surface area contributed by atoms with Crippen molar-refractivity contribution < 1.29 is 9.18 Å². The van der Waals surface area contributed by atoms with Crippen LogP contribution in [0.15, 0.2) is 54.7 Å². The fourth-order valence-corrected chi connectivity index (χ4v) is 4.87. The highest BCUT2D eigenvalue weighted by molar-refractivity contribution is 5.96. The Morgan fingerprint density at radius 1 is 1.12 bits per heavy atom. The molecule has 1 aliphatic heterocycles. The Hall–Kier alpha value is -3.74. The van der Waals surface area contributed by atoms with Crippen LogP contribution in [0.1, 0.15) is 58.9 Å². The molecule has 1 fully saturated rings.